The molecule has 4 rings (SSSR count). The Labute approximate surface area is 149 Å². The number of rotatable bonds is 3. The Morgan fingerprint density at radius 1 is 0.720 bits per heavy atom. The lowest BCUT2D eigenvalue weighted by atomic mass is 10.1. The van der Waals surface area contributed by atoms with Crippen molar-refractivity contribution in [1.29, 1.82) is 0 Å². The lowest BCUT2D eigenvalue weighted by molar-refractivity contribution is -0.589. The van der Waals surface area contributed by atoms with Crippen molar-refractivity contribution in [3.8, 4) is 28.3 Å². The average molecular weight is 326 g/mol. The Hall–Kier alpha value is -3.13. The normalized spacial score (nSPS) is 11.4. The highest BCUT2D eigenvalue weighted by molar-refractivity contribution is 5.65. The van der Waals surface area contributed by atoms with Gasteiger partial charge in [0.15, 0.2) is 11.4 Å². The molecule has 0 bridgehead atoms. The van der Waals surface area contributed by atoms with Crippen LogP contribution in [0.4, 0.5) is 0 Å². The number of nitrogens with one attached hydrogen (secondary N) is 1. The fourth-order valence-electron chi connectivity index (χ4n) is 3.26. The molecule has 0 aliphatic carbocycles. The fraction of sp³-hybridized carbons (Fsp3) is 0.0870. The minimum absolute atomic E-state index is 0.858. The third-order valence-electron chi connectivity index (χ3n) is 4.54. The third-order valence-corrected chi connectivity index (χ3v) is 4.54. The number of H-pyrrole nitrogens is 1. The first-order valence-corrected chi connectivity index (χ1v) is 8.52. The molecule has 0 unspecified atom stereocenters. The highest BCUT2D eigenvalue weighted by Gasteiger charge is 2.26. The maximum atomic E-state index is 8.90. The third kappa shape index (κ3) is 2.76. The summed E-state index contributed by atoms with van der Waals surface area (Å²) < 4.78 is 11.1. The van der Waals surface area contributed by atoms with Crippen molar-refractivity contribution in [2.75, 3.05) is 0 Å². The molecule has 0 saturated heterocycles. The van der Waals surface area contributed by atoms with Crippen molar-refractivity contribution in [2.24, 2.45) is 0 Å². The number of aromatic amines is 1. The highest BCUT2D eigenvalue weighted by Crippen LogP contribution is 2.26. The second-order valence-corrected chi connectivity index (χ2v) is 6.22. The Morgan fingerprint density at radius 3 is 1.92 bits per heavy atom. The van der Waals surface area contributed by atoms with Crippen LogP contribution in [-0.4, -0.2) is 4.98 Å². The molecule has 0 amide bonds. The number of imidazole rings is 1. The molecular weight excluding hydrogens is 304 g/mol. The lowest BCUT2D eigenvalue weighted by Gasteiger charge is -2.06. The molecule has 1 aromatic heterocycles. The van der Waals surface area contributed by atoms with Crippen LogP contribution >= 0.6 is 0 Å². The van der Waals surface area contributed by atoms with Crippen LogP contribution in [0.3, 0.4) is 0 Å². The SMILES string of the molecule is [2H]n1c(-c2ccccc2)c(C)[n+](-c2ccccc2C)c1-c1ccccc1. The smallest absolute Gasteiger partial charge is 0.236 e. The van der Waals surface area contributed by atoms with Crippen molar-refractivity contribution in [3.05, 3.63) is 96.2 Å². The van der Waals surface area contributed by atoms with Crippen LogP contribution in [0.25, 0.3) is 28.3 Å². The molecular formula is C23H21N2+. The summed E-state index contributed by atoms with van der Waals surface area (Å²) in [5.41, 5.74) is 6.32. The Bertz CT molecular complexity index is 1050. The molecule has 0 fully saturated rings. The van der Waals surface area contributed by atoms with Gasteiger partial charge in [-0.1, -0.05) is 66.7 Å². The van der Waals surface area contributed by atoms with E-state index in [1.54, 1.807) is 4.98 Å². The molecule has 0 atom stereocenters. The summed E-state index contributed by atoms with van der Waals surface area (Å²) in [5, 5.41) is 0. The van der Waals surface area contributed by atoms with E-state index in [2.05, 4.69) is 54.8 Å². The molecule has 0 aliphatic rings. The zero-order valence-electron chi connectivity index (χ0n) is 15.5. The summed E-state index contributed by atoms with van der Waals surface area (Å²) in [7, 11) is 0. The zero-order chi connectivity index (χ0) is 18.1. The monoisotopic (exact) mass is 326 g/mol. The van der Waals surface area contributed by atoms with Gasteiger partial charge in [-0.3, -0.25) is 0 Å². The van der Waals surface area contributed by atoms with Crippen molar-refractivity contribution >= 4 is 0 Å². The van der Waals surface area contributed by atoms with Crippen LogP contribution in [0.15, 0.2) is 84.9 Å². The van der Waals surface area contributed by atoms with Gasteiger partial charge >= 0.3 is 1.41 Å². The van der Waals surface area contributed by atoms with Gasteiger partial charge in [0.2, 0.25) is 0 Å². The van der Waals surface area contributed by atoms with Crippen molar-refractivity contribution in [3.63, 3.8) is 0 Å². The van der Waals surface area contributed by atoms with E-state index < -0.39 is 0 Å². The van der Waals surface area contributed by atoms with Crippen molar-refractivity contribution in [1.82, 2.24) is 4.98 Å². The first-order chi connectivity index (χ1) is 12.7. The second kappa shape index (κ2) is 6.40. The zero-order valence-corrected chi connectivity index (χ0v) is 14.5. The summed E-state index contributed by atoms with van der Waals surface area (Å²) >= 11 is 0. The first-order valence-electron chi connectivity index (χ1n) is 8.96. The minimum Gasteiger partial charge on any atom is -0.236 e. The average Bonchev–Trinajstić information content (AvgIpc) is 2.94. The van der Waals surface area contributed by atoms with Gasteiger partial charge in [0, 0.05) is 12.5 Å². The highest BCUT2D eigenvalue weighted by atomic mass is 15.1. The maximum Gasteiger partial charge on any atom is 0.312 e. The predicted octanol–water partition coefficient (Wildman–Crippen LogP) is 5.24. The van der Waals surface area contributed by atoms with Gasteiger partial charge in [-0.25, -0.2) is 4.98 Å². The van der Waals surface area contributed by atoms with E-state index >= 15 is 0 Å². The number of hydrogen-bond donors (Lipinski definition) is 1. The molecule has 2 heteroatoms. The number of nitrogens with zero attached hydrogens (tertiary/aromatic N) is 1. The van der Waals surface area contributed by atoms with Gasteiger partial charge in [0.25, 0.3) is 5.82 Å². The largest absolute Gasteiger partial charge is 0.312 e. The maximum absolute atomic E-state index is 8.90. The molecule has 2 nitrogen and oxygen atoms in total. The molecule has 0 radical (unpaired) electrons. The van der Waals surface area contributed by atoms with Gasteiger partial charge in [-0.15, -0.1) is 0 Å². The summed E-state index contributed by atoms with van der Waals surface area (Å²) in [6.45, 7) is 4.20. The van der Waals surface area contributed by atoms with Gasteiger partial charge in [0.05, 0.1) is 5.56 Å². The summed E-state index contributed by atoms with van der Waals surface area (Å²) in [5.74, 6) is 0.858. The van der Waals surface area contributed by atoms with E-state index in [0.717, 1.165) is 34.0 Å². The second-order valence-electron chi connectivity index (χ2n) is 6.22. The van der Waals surface area contributed by atoms with Gasteiger partial charge in [0.1, 0.15) is 5.69 Å². The number of aromatic nitrogens is 2. The van der Waals surface area contributed by atoms with Crippen LogP contribution in [0.1, 0.15) is 11.3 Å². The first kappa shape index (κ1) is 14.2. The lowest BCUT2D eigenvalue weighted by Crippen LogP contribution is -2.35. The molecule has 0 saturated carbocycles. The molecule has 3 aromatic carbocycles. The van der Waals surface area contributed by atoms with Crippen molar-refractivity contribution in [2.45, 2.75) is 13.8 Å². The van der Waals surface area contributed by atoms with E-state index in [0.29, 0.717) is 0 Å². The molecule has 0 aliphatic heterocycles. The Morgan fingerprint density at radius 2 is 1.28 bits per heavy atom. The Balaban J connectivity index is 2.09. The van der Waals surface area contributed by atoms with Crippen LogP contribution in [0, 0.1) is 13.8 Å². The van der Waals surface area contributed by atoms with Crippen LogP contribution in [0.5, 0.6) is 0 Å². The topological polar surface area (TPSA) is 19.7 Å². The van der Waals surface area contributed by atoms with E-state index in [4.69, 9.17) is 1.41 Å². The summed E-state index contributed by atoms with van der Waals surface area (Å²) in [6.07, 6.45) is 0. The van der Waals surface area contributed by atoms with Gasteiger partial charge in [-0.2, -0.15) is 4.57 Å². The number of para-hydroxylation sites is 1. The van der Waals surface area contributed by atoms with Crippen LogP contribution < -0.4 is 4.57 Å². The van der Waals surface area contributed by atoms with E-state index in [-0.39, 0.29) is 0 Å². The molecule has 25 heavy (non-hydrogen) atoms. The summed E-state index contributed by atoms with van der Waals surface area (Å²) in [6, 6.07) is 28.6. The quantitative estimate of drug-likeness (QED) is 0.497. The van der Waals surface area contributed by atoms with E-state index in [9.17, 15) is 0 Å². The van der Waals surface area contributed by atoms with Crippen LogP contribution in [0.2, 0.25) is 1.41 Å². The number of aryl methyl sites for hydroxylation is 1. The van der Waals surface area contributed by atoms with Gasteiger partial charge in [-0.05, 0) is 30.7 Å². The molecule has 122 valence electrons. The van der Waals surface area contributed by atoms with Crippen molar-refractivity contribution < 1.29 is 5.98 Å². The van der Waals surface area contributed by atoms with E-state index in [1.807, 2.05) is 48.5 Å². The predicted molar refractivity (Wildman–Crippen MR) is 103 cm³/mol. The van der Waals surface area contributed by atoms with Crippen LogP contribution in [-0.2, 0) is 0 Å². The Kier molecular flexibility index (Phi) is 3.65. The summed E-state index contributed by atoms with van der Waals surface area (Å²) in [4.78, 5) is 1.56. The standard InChI is InChI=1S/C23H20N2/c1-17-11-9-10-16-21(17)25-18(2)22(19-12-5-3-6-13-19)24-23(25)20-14-7-4-8-15-20/h3-16H,1-2H3/p+1/i/hD. The fourth-order valence-corrected chi connectivity index (χ4v) is 3.26. The molecule has 1 heterocycles. The number of benzene rings is 3. The van der Waals surface area contributed by atoms with E-state index in [1.165, 1.54) is 5.56 Å². The molecule has 0 spiro atoms. The van der Waals surface area contributed by atoms with Gasteiger partial charge < -0.3 is 0 Å². The molecule has 1 N–H and O–H groups in total. The number of hydrogen-bond acceptors (Lipinski definition) is 0. The minimum atomic E-state index is 0.858. The molecule has 4 aromatic rings.